The van der Waals surface area contributed by atoms with Gasteiger partial charge in [-0.2, -0.15) is 0 Å². The number of nitrogens with zero attached hydrogens (tertiary/aromatic N) is 3. The van der Waals surface area contributed by atoms with Crippen LogP contribution in [0.2, 0.25) is 0 Å². The molecular formula is C52H33N3O. The first-order valence-corrected chi connectivity index (χ1v) is 18.9. The highest BCUT2D eigenvalue weighted by Gasteiger charge is 2.21. The smallest absolute Gasteiger partial charge is 0.162 e. The van der Waals surface area contributed by atoms with Crippen LogP contribution in [-0.4, -0.2) is 14.5 Å². The summed E-state index contributed by atoms with van der Waals surface area (Å²) in [6.45, 7) is 0. The van der Waals surface area contributed by atoms with Crippen molar-refractivity contribution >= 4 is 43.9 Å². The van der Waals surface area contributed by atoms with Gasteiger partial charge in [-0.25, -0.2) is 9.97 Å². The first-order chi connectivity index (χ1) is 27.8. The average Bonchev–Trinajstić information content (AvgIpc) is 3.83. The van der Waals surface area contributed by atoms with Crippen molar-refractivity contribution in [1.29, 1.82) is 0 Å². The van der Waals surface area contributed by atoms with E-state index in [1.54, 1.807) is 0 Å². The van der Waals surface area contributed by atoms with Crippen molar-refractivity contribution in [3.63, 3.8) is 0 Å². The quantitative estimate of drug-likeness (QED) is 0.172. The summed E-state index contributed by atoms with van der Waals surface area (Å²) in [6.07, 6.45) is 0. The summed E-state index contributed by atoms with van der Waals surface area (Å²) in [6, 6.07) is 70.2. The summed E-state index contributed by atoms with van der Waals surface area (Å²) in [4.78, 5) is 10.7. The van der Waals surface area contributed by atoms with Crippen LogP contribution in [0.25, 0.3) is 106 Å². The molecule has 8 aromatic carbocycles. The van der Waals surface area contributed by atoms with Gasteiger partial charge in [-0.05, 0) is 70.3 Å². The standard InChI is InChI=1S/C52H33N3O/c1-3-15-34(16-4-1)49-48-45-26-7-9-29-46(45)55(41-23-5-2-6-24-41)52(48)54-51(53-49)40-22-13-20-38(33-40)36-18-11-17-35(31-36)37-19-12-21-39(32-37)42-27-14-28-44-43-25-8-10-30-47(43)56-50(42)44/h1-33H. The molecule has 3 aromatic heterocycles. The minimum atomic E-state index is 0.682. The lowest BCUT2D eigenvalue weighted by Gasteiger charge is -2.12. The second-order valence-electron chi connectivity index (χ2n) is 14.2. The van der Waals surface area contributed by atoms with Crippen LogP contribution in [0.4, 0.5) is 0 Å². The van der Waals surface area contributed by atoms with Gasteiger partial charge >= 0.3 is 0 Å². The minimum Gasteiger partial charge on any atom is -0.455 e. The molecule has 0 unspecified atom stereocenters. The van der Waals surface area contributed by atoms with E-state index >= 15 is 0 Å². The predicted octanol–water partition coefficient (Wildman–Crippen LogP) is 13.8. The molecule has 0 saturated carbocycles. The van der Waals surface area contributed by atoms with E-state index in [-0.39, 0.29) is 0 Å². The lowest BCUT2D eigenvalue weighted by molar-refractivity contribution is 0.670. The van der Waals surface area contributed by atoms with Gasteiger partial charge in [0.2, 0.25) is 0 Å². The Hall–Kier alpha value is -7.56. The Kier molecular flexibility index (Phi) is 7.46. The lowest BCUT2D eigenvalue weighted by Crippen LogP contribution is -1.99. The molecule has 0 aliphatic heterocycles. The fourth-order valence-corrected chi connectivity index (χ4v) is 8.18. The zero-order chi connectivity index (χ0) is 37.0. The number of aromatic nitrogens is 3. The van der Waals surface area contributed by atoms with Crippen molar-refractivity contribution in [2.75, 3.05) is 0 Å². The van der Waals surface area contributed by atoms with Crippen molar-refractivity contribution < 1.29 is 4.42 Å². The molecule has 0 radical (unpaired) electrons. The van der Waals surface area contributed by atoms with Crippen molar-refractivity contribution in [1.82, 2.24) is 14.5 Å². The van der Waals surface area contributed by atoms with Crippen LogP contribution >= 0.6 is 0 Å². The average molecular weight is 716 g/mol. The van der Waals surface area contributed by atoms with Crippen molar-refractivity contribution in [3.05, 3.63) is 200 Å². The number of rotatable bonds is 6. The van der Waals surface area contributed by atoms with Gasteiger partial charge in [0.05, 0.1) is 16.6 Å². The maximum absolute atomic E-state index is 6.40. The fourth-order valence-electron chi connectivity index (χ4n) is 8.18. The maximum atomic E-state index is 6.40. The van der Waals surface area contributed by atoms with Gasteiger partial charge < -0.3 is 4.42 Å². The van der Waals surface area contributed by atoms with Gasteiger partial charge in [0.25, 0.3) is 0 Å². The molecule has 0 spiro atoms. The SMILES string of the molecule is c1ccc(-c2nc(-c3cccc(-c4cccc(-c5cccc(-c6cccc7c6oc6ccccc67)c5)c4)c3)nc3c2c2ccccc2n3-c2ccccc2)cc1. The molecule has 0 fully saturated rings. The molecule has 262 valence electrons. The largest absolute Gasteiger partial charge is 0.455 e. The molecule has 0 bridgehead atoms. The van der Waals surface area contributed by atoms with Crippen LogP contribution in [0.1, 0.15) is 0 Å². The number of fused-ring (bicyclic) bond motifs is 6. The highest BCUT2D eigenvalue weighted by atomic mass is 16.3. The van der Waals surface area contributed by atoms with E-state index in [4.69, 9.17) is 14.4 Å². The number of hydrogen-bond acceptors (Lipinski definition) is 3. The lowest BCUT2D eigenvalue weighted by atomic mass is 9.95. The summed E-state index contributed by atoms with van der Waals surface area (Å²) in [5.74, 6) is 0.682. The van der Waals surface area contributed by atoms with E-state index in [9.17, 15) is 0 Å². The number of para-hydroxylation sites is 4. The molecule has 0 atom stereocenters. The van der Waals surface area contributed by atoms with Gasteiger partial charge in [0.1, 0.15) is 16.8 Å². The van der Waals surface area contributed by atoms with Crippen LogP contribution in [0.3, 0.4) is 0 Å². The molecule has 56 heavy (non-hydrogen) atoms. The van der Waals surface area contributed by atoms with Crippen LogP contribution in [0.5, 0.6) is 0 Å². The summed E-state index contributed by atoms with van der Waals surface area (Å²) in [5.41, 5.74) is 14.5. The Balaban J connectivity index is 1.02. The van der Waals surface area contributed by atoms with Crippen molar-refractivity contribution in [2.45, 2.75) is 0 Å². The third kappa shape index (κ3) is 5.31. The van der Waals surface area contributed by atoms with Gasteiger partial charge in [-0.15, -0.1) is 0 Å². The molecule has 4 nitrogen and oxygen atoms in total. The molecule has 11 rings (SSSR count). The Labute approximate surface area is 323 Å². The third-order valence-electron chi connectivity index (χ3n) is 10.8. The summed E-state index contributed by atoms with van der Waals surface area (Å²) in [5, 5.41) is 4.43. The normalized spacial score (nSPS) is 11.6. The Morgan fingerprint density at radius 2 is 0.929 bits per heavy atom. The minimum absolute atomic E-state index is 0.682. The van der Waals surface area contributed by atoms with E-state index in [2.05, 4.69) is 180 Å². The van der Waals surface area contributed by atoms with E-state index in [0.29, 0.717) is 5.82 Å². The van der Waals surface area contributed by atoms with E-state index in [0.717, 1.165) is 99.8 Å². The first-order valence-electron chi connectivity index (χ1n) is 18.9. The molecule has 4 heteroatoms. The molecular weight excluding hydrogens is 683 g/mol. The number of furan rings is 1. The first kappa shape index (κ1) is 31.9. The van der Waals surface area contributed by atoms with Crippen molar-refractivity contribution in [2.24, 2.45) is 0 Å². The third-order valence-corrected chi connectivity index (χ3v) is 10.8. The predicted molar refractivity (Wildman–Crippen MR) is 231 cm³/mol. The molecule has 0 N–H and O–H groups in total. The monoisotopic (exact) mass is 715 g/mol. The highest BCUT2D eigenvalue weighted by Crippen LogP contribution is 2.40. The van der Waals surface area contributed by atoms with Crippen LogP contribution < -0.4 is 0 Å². The molecule has 0 saturated heterocycles. The second-order valence-corrected chi connectivity index (χ2v) is 14.2. The van der Waals surface area contributed by atoms with E-state index in [1.165, 1.54) is 0 Å². The van der Waals surface area contributed by atoms with E-state index < -0.39 is 0 Å². The molecule has 11 aromatic rings. The highest BCUT2D eigenvalue weighted by molar-refractivity contribution is 6.14. The summed E-state index contributed by atoms with van der Waals surface area (Å²) >= 11 is 0. The molecule has 0 aliphatic carbocycles. The Bertz CT molecular complexity index is 3250. The van der Waals surface area contributed by atoms with Gasteiger partial charge in [0.15, 0.2) is 5.82 Å². The van der Waals surface area contributed by atoms with Gasteiger partial charge in [-0.1, -0.05) is 158 Å². The summed E-state index contributed by atoms with van der Waals surface area (Å²) < 4.78 is 8.66. The van der Waals surface area contributed by atoms with Crippen LogP contribution in [-0.2, 0) is 0 Å². The van der Waals surface area contributed by atoms with Gasteiger partial charge in [0, 0.05) is 38.5 Å². The Morgan fingerprint density at radius 1 is 0.393 bits per heavy atom. The van der Waals surface area contributed by atoms with E-state index in [1.807, 2.05) is 24.3 Å². The molecule has 3 heterocycles. The van der Waals surface area contributed by atoms with Crippen molar-refractivity contribution in [3.8, 4) is 61.7 Å². The van der Waals surface area contributed by atoms with Crippen LogP contribution in [0, 0.1) is 0 Å². The number of benzene rings is 8. The topological polar surface area (TPSA) is 43.9 Å². The summed E-state index contributed by atoms with van der Waals surface area (Å²) in [7, 11) is 0. The second kappa shape index (κ2) is 13.1. The number of hydrogen-bond donors (Lipinski definition) is 0. The fraction of sp³-hybridized carbons (Fsp3) is 0. The molecule has 0 amide bonds. The zero-order valence-electron chi connectivity index (χ0n) is 30.3. The van der Waals surface area contributed by atoms with Gasteiger partial charge in [-0.3, -0.25) is 4.57 Å². The molecule has 0 aliphatic rings. The maximum Gasteiger partial charge on any atom is 0.162 e. The van der Waals surface area contributed by atoms with Crippen LogP contribution in [0.15, 0.2) is 205 Å². The zero-order valence-corrected chi connectivity index (χ0v) is 30.3. The Morgan fingerprint density at radius 3 is 1.68 bits per heavy atom.